The Morgan fingerprint density at radius 2 is 2.08 bits per heavy atom. The smallest absolute Gasteiger partial charge is 0.279 e. The van der Waals surface area contributed by atoms with Crippen LogP contribution in [0, 0.1) is 5.92 Å². The first-order chi connectivity index (χ1) is 11.9. The average Bonchev–Trinajstić information content (AvgIpc) is 3.32. The summed E-state index contributed by atoms with van der Waals surface area (Å²) in [5, 5.41) is 12.1. The maximum Gasteiger partial charge on any atom is 0.279 e. The van der Waals surface area contributed by atoms with Crippen molar-refractivity contribution in [1.29, 1.82) is 0 Å². The van der Waals surface area contributed by atoms with Crippen molar-refractivity contribution in [3.05, 3.63) is 46.2 Å². The largest absolute Gasteiger partial charge is 0.456 e. The van der Waals surface area contributed by atoms with Crippen LogP contribution in [-0.2, 0) is 5.92 Å². The Hall–Kier alpha value is -1.99. The van der Waals surface area contributed by atoms with Gasteiger partial charge in [0.15, 0.2) is 5.75 Å². The number of halogens is 2. The first-order valence-electron chi connectivity index (χ1n) is 8.05. The molecule has 25 heavy (non-hydrogen) atoms. The molecular formula is C18H19F2NO3S. The third-order valence-corrected chi connectivity index (χ3v) is 5.30. The van der Waals surface area contributed by atoms with E-state index in [1.807, 2.05) is 0 Å². The monoisotopic (exact) mass is 367 g/mol. The molecule has 1 aliphatic carbocycles. The summed E-state index contributed by atoms with van der Waals surface area (Å²) in [4.78, 5) is 12.4. The summed E-state index contributed by atoms with van der Waals surface area (Å²) >= 11 is 0.710. The van der Waals surface area contributed by atoms with Gasteiger partial charge >= 0.3 is 0 Å². The van der Waals surface area contributed by atoms with Gasteiger partial charge in [0, 0.05) is 13.0 Å². The van der Waals surface area contributed by atoms with Gasteiger partial charge in [0.25, 0.3) is 11.8 Å². The van der Waals surface area contributed by atoms with E-state index in [0.717, 1.165) is 19.8 Å². The number of nitrogens with one attached hydrogen (secondary N) is 1. The van der Waals surface area contributed by atoms with Gasteiger partial charge in [0.2, 0.25) is 0 Å². The lowest BCUT2D eigenvalue weighted by atomic mass is 10.2. The van der Waals surface area contributed by atoms with Crippen molar-refractivity contribution in [2.45, 2.75) is 31.7 Å². The number of carbonyl (C=O) groups excluding carboxylic acids is 1. The number of hydrogen-bond donors (Lipinski definition) is 2. The molecular weight excluding hydrogens is 348 g/mol. The number of ether oxygens (including phenoxy) is 1. The number of amides is 1. The van der Waals surface area contributed by atoms with Crippen molar-refractivity contribution in [1.82, 2.24) is 5.32 Å². The fraction of sp³-hybridized carbons (Fsp3) is 0.389. The molecule has 1 fully saturated rings. The molecule has 1 aromatic heterocycles. The van der Waals surface area contributed by atoms with Crippen molar-refractivity contribution in [3.63, 3.8) is 0 Å². The van der Waals surface area contributed by atoms with Crippen molar-refractivity contribution in [3.8, 4) is 11.5 Å². The van der Waals surface area contributed by atoms with Crippen molar-refractivity contribution >= 4 is 17.2 Å². The van der Waals surface area contributed by atoms with Gasteiger partial charge in [-0.1, -0.05) is 18.2 Å². The van der Waals surface area contributed by atoms with E-state index in [1.54, 1.807) is 30.3 Å². The second-order valence-corrected chi connectivity index (χ2v) is 7.26. The number of para-hydroxylation sites is 1. The van der Waals surface area contributed by atoms with Crippen molar-refractivity contribution in [2.24, 2.45) is 5.92 Å². The quantitative estimate of drug-likeness (QED) is 0.773. The molecule has 0 bridgehead atoms. The Morgan fingerprint density at radius 1 is 1.40 bits per heavy atom. The fourth-order valence-electron chi connectivity index (χ4n) is 2.49. The molecule has 1 aliphatic rings. The summed E-state index contributed by atoms with van der Waals surface area (Å²) < 4.78 is 33.1. The fourth-order valence-corrected chi connectivity index (χ4v) is 3.40. The van der Waals surface area contributed by atoms with E-state index >= 15 is 0 Å². The highest BCUT2D eigenvalue weighted by molar-refractivity contribution is 7.14. The minimum atomic E-state index is -3.06. The summed E-state index contributed by atoms with van der Waals surface area (Å²) in [6.07, 6.45) is 1.89. The third-order valence-electron chi connectivity index (χ3n) is 4.01. The third kappa shape index (κ3) is 4.35. The van der Waals surface area contributed by atoms with Crippen molar-refractivity contribution < 1.29 is 23.4 Å². The molecule has 1 amide bonds. The van der Waals surface area contributed by atoms with Crippen LogP contribution in [-0.4, -0.2) is 23.7 Å². The van der Waals surface area contributed by atoms with Crippen LogP contribution >= 0.6 is 11.3 Å². The SMILES string of the molecule is CC(F)(F)c1cc(Oc2ccccc2)c(C(=O)N[C@H](CO)C2CC2)s1. The molecule has 0 unspecified atom stereocenters. The van der Waals surface area contributed by atoms with Crippen LogP contribution in [0.4, 0.5) is 8.78 Å². The molecule has 0 saturated heterocycles. The first kappa shape index (κ1) is 17.8. The van der Waals surface area contributed by atoms with E-state index in [1.165, 1.54) is 6.07 Å². The van der Waals surface area contributed by atoms with E-state index in [4.69, 9.17) is 4.74 Å². The highest BCUT2D eigenvalue weighted by atomic mass is 32.1. The molecule has 1 atom stereocenters. The average molecular weight is 367 g/mol. The lowest BCUT2D eigenvalue weighted by Gasteiger charge is -2.15. The van der Waals surface area contributed by atoms with E-state index in [9.17, 15) is 18.7 Å². The molecule has 1 saturated carbocycles. The molecule has 1 heterocycles. The van der Waals surface area contributed by atoms with Crippen LogP contribution < -0.4 is 10.1 Å². The Kier molecular flexibility index (Phi) is 5.06. The van der Waals surface area contributed by atoms with Gasteiger partial charge in [-0.3, -0.25) is 4.79 Å². The van der Waals surface area contributed by atoms with E-state index in [0.29, 0.717) is 17.1 Å². The first-order valence-corrected chi connectivity index (χ1v) is 8.87. The maximum atomic E-state index is 13.7. The van der Waals surface area contributed by atoms with Crippen LogP contribution in [0.15, 0.2) is 36.4 Å². The topological polar surface area (TPSA) is 58.6 Å². The molecule has 0 spiro atoms. The van der Waals surface area contributed by atoms with Gasteiger partial charge in [0.1, 0.15) is 10.6 Å². The standard InChI is InChI=1S/C18H19F2NO3S/c1-18(19,20)15-9-14(24-12-5-3-2-4-6-12)16(25-15)17(23)21-13(10-22)11-7-8-11/h2-6,9,11,13,22H,7-8,10H2,1H3,(H,21,23)/t13-/m1/s1. The van der Waals surface area contributed by atoms with Crippen LogP contribution in [0.2, 0.25) is 0 Å². The number of aliphatic hydroxyl groups excluding tert-OH is 1. The van der Waals surface area contributed by atoms with Crippen LogP contribution in [0.25, 0.3) is 0 Å². The van der Waals surface area contributed by atoms with Gasteiger partial charge in [0.05, 0.1) is 17.5 Å². The second-order valence-electron chi connectivity index (χ2n) is 6.21. The van der Waals surface area contributed by atoms with Gasteiger partial charge in [-0.15, -0.1) is 11.3 Å². The van der Waals surface area contributed by atoms with Crippen LogP contribution in [0.5, 0.6) is 11.5 Å². The van der Waals surface area contributed by atoms with Crippen molar-refractivity contribution in [2.75, 3.05) is 6.61 Å². The number of thiophene rings is 1. The molecule has 7 heteroatoms. The zero-order valence-corrected chi connectivity index (χ0v) is 14.5. The molecule has 3 rings (SSSR count). The number of aliphatic hydroxyl groups is 1. The number of benzene rings is 1. The summed E-state index contributed by atoms with van der Waals surface area (Å²) in [5.74, 6) is -2.76. The van der Waals surface area contributed by atoms with E-state index in [-0.39, 0.29) is 34.1 Å². The molecule has 2 N–H and O–H groups in total. The van der Waals surface area contributed by atoms with Gasteiger partial charge in [-0.2, -0.15) is 0 Å². The lowest BCUT2D eigenvalue weighted by Crippen LogP contribution is -2.38. The summed E-state index contributed by atoms with van der Waals surface area (Å²) in [7, 11) is 0. The Morgan fingerprint density at radius 3 is 2.64 bits per heavy atom. The summed E-state index contributed by atoms with van der Waals surface area (Å²) in [6, 6.07) is 9.54. The molecule has 134 valence electrons. The van der Waals surface area contributed by atoms with Crippen LogP contribution in [0.1, 0.15) is 34.3 Å². The number of carbonyl (C=O) groups is 1. The van der Waals surface area contributed by atoms with Gasteiger partial charge < -0.3 is 15.2 Å². The predicted octanol–water partition coefficient (Wildman–Crippen LogP) is 4.15. The minimum Gasteiger partial charge on any atom is -0.456 e. The number of alkyl halides is 2. The molecule has 4 nitrogen and oxygen atoms in total. The maximum absolute atomic E-state index is 13.7. The Balaban J connectivity index is 1.87. The highest BCUT2D eigenvalue weighted by Crippen LogP contribution is 2.41. The predicted molar refractivity (Wildman–Crippen MR) is 91.5 cm³/mol. The second kappa shape index (κ2) is 7.09. The highest BCUT2D eigenvalue weighted by Gasteiger charge is 2.35. The molecule has 2 aromatic rings. The number of hydrogen-bond acceptors (Lipinski definition) is 4. The lowest BCUT2D eigenvalue weighted by molar-refractivity contribution is 0.0214. The number of rotatable bonds is 7. The van der Waals surface area contributed by atoms with Gasteiger partial charge in [-0.05, 0) is 30.9 Å². The van der Waals surface area contributed by atoms with E-state index < -0.39 is 11.8 Å². The normalized spacial score (nSPS) is 15.7. The zero-order chi connectivity index (χ0) is 18.0. The molecule has 0 aliphatic heterocycles. The Labute approximate surface area is 148 Å². The zero-order valence-electron chi connectivity index (χ0n) is 13.7. The molecule has 0 radical (unpaired) electrons. The molecule has 1 aromatic carbocycles. The minimum absolute atomic E-state index is 0.0829. The van der Waals surface area contributed by atoms with Crippen LogP contribution in [0.3, 0.4) is 0 Å². The Bertz CT molecular complexity index is 739. The summed E-state index contributed by atoms with van der Waals surface area (Å²) in [5.41, 5.74) is 0. The van der Waals surface area contributed by atoms with Gasteiger partial charge in [-0.25, -0.2) is 8.78 Å². The van der Waals surface area contributed by atoms with E-state index in [2.05, 4.69) is 5.32 Å². The summed E-state index contributed by atoms with van der Waals surface area (Å²) in [6.45, 7) is 0.612.